The van der Waals surface area contributed by atoms with Gasteiger partial charge >= 0.3 is 5.97 Å². The summed E-state index contributed by atoms with van der Waals surface area (Å²) in [6, 6.07) is -1.35. The number of unbranched alkanes of at least 4 members (excludes halogenated alkanes) is 1. The number of carbonyl (C=O) groups excluding carboxylic acids is 1. The number of carboxylic acids is 1. The molecule has 0 unspecified atom stereocenters. The van der Waals surface area contributed by atoms with Crippen molar-refractivity contribution in [3.05, 3.63) is 0 Å². The topological polar surface area (TPSA) is 144 Å². The van der Waals surface area contributed by atoms with Crippen LogP contribution in [0.15, 0.2) is 0 Å². The van der Waals surface area contributed by atoms with Crippen molar-refractivity contribution in [1.82, 2.24) is 5.32 Å². The predicted octanol–water partition coefficient (Wildman–Crippen LogP) is -1.25. The lowest BCUT2D eigenvalue weighted by Crippen LogP contribution is -2.41. The monoisotopic (exact) mass is 260 g/mol. The minimum atomic E-state index is -0.997. The summed E-state index contributed by atoms with van der Waals surface area (Å²) >= 11 is 0. The van der Waals surface area contributed by atoms with Crippen LogP contribution in [0, 0.1) is 0 Å². The Morgan fingerprint density at radius 3 is 2.22 bits per heavy atom. The number of carbonyl (C=O) groups is 2. The summed E-state index contributed by atoms with van der Waals surface area (Å²) in [4.78, 5) is 21.9. The van der Waals surface area contributed by atoms with Gasteiger partial charge in [-0.2, -0.15) is 0 Å². The molecule has 2 atom stereocenters. The molecule has 8 N–H and O–H groups in total. The fraction of sp³-hybridized carbons (Fsp3) is 0.818. The van der Waals surface area contributed by atoms with Gasteiger partial charge < -0.3 is 27.6 Å². The Hall–Kier alpha value is -1.18. The van der Waals surface area contributed by atoms with E-state index in [1.165, 1.54) is 0 Å². The summed E-state index contributed by atoms with van der Waals surface area (Å²) in [6.45, 7) is 1.01. The lowest BCUT2D eigenvalue weighted by Gasteiger charge is -2.11. The van der Waals surface area contributed by atoms with Gasteiger partial charge in [-0.05, 0) is 38.6 Å². The average Bonchev–Trinajstić information content (AvgIpc) is 2.34. The number of hydrogen-bond acceptors (Lipinski definition) is 5. The first-order chi connectivity index (χ1) is 8.49. The maximum absolute atomic E-state index is 11.5. The third kappa shape index (κ3) is 7.99. The van der Waals surface area contributed by atoms with Crippen molar-refractivity contribution in [3.63, 3.8) is 0 Å². The van der Waals surface area contributed by atoms with Crippen LogP contribution in [0.4, 0.5) is 0 Å². The molecule has 0 saturated heterocycles. The molecule has 7 heteroatoms. The Morgan fingerprint density at radius 1 is 1.06 bits per heavy atom. The van der Waals surface area contributed by atoms with Crippen LogP contribution < -0.4 is 22.5 Å². The Kier molecular flexibility index (Phi) is 9.17. The molecule has 0 aliphatic carbocycles. The number of nitrogens with two attached hydrogens (primary N) is 3. The van der Waals surface area contributed by atoms with E-state index >= 15 is 0 Å². The molecule has 0 rings (SSSR count). The van der Waals surface area contributed by atoms with Gasteiger partial charge in [0, 0.05) is 6.54 Å². The van der Waals surface area contributed by atoms with E-state index in [0.29, 0.717) is 38.8 Å². The molecule has 0 aliphatic rings. The van der Waals surface area contributed by atoms with Crippen LogP contribution in [0.2, 0.25) is 0 Å². The summed E-state index contributed by atoms with van der Waals surface area (Å²) in [5.41, 5.74) is 16.3. The van der Waals surface area contributed by atoms with Gasteiger partial charge in [0.1, 0.15) is 6.04 Å². The molecule has 0 radical (unpaired) electrons. The van der Waals surface area contributed by atoms with E-state index < -0.39 is 18.1 Å². The molecule has 0 bridgehead atoms. The highest BCUT2D eigenvalue weighted by Crippen LogP contribution is 1.99. The maximum Gasteiger partial charge on any atom is 0.320 e. The van der Waals surface area contributed by atoms with Crippen LogP contribution in [-0.2, 0) is 9.59 Å². The second-order valence-electron chi connectivity index (χ2n) is 4.27. The van der Waals surface area contributed by atoms with Crippen molar-refractivity contribution in [2.75, 3.05) is 13.1 Å². The predicted molar refractivity (Wildman–Crippen MR) is 68.7 cm³/mol. The molecule has 0 aromatic carbocycles. The number of nitrogens with one attached hydrogen (secondary N) is 1. The Balaban J connectivity index is 3.54. The van der Waals surface area contributed by atoms with Crippen molar-refractivity contribution >= 4 is 11.9 Å². The molecule has 0 saturated carbocycles. The van der Waals surface area contributed by atoms with Crippen LogP contribution in [0.1, 0.15) is 32.1 Å². The number of aliphatic carboxylic acids is 1. The van der Waals surface area contributed by atoms with Gasteiger partial charge in [0.2, 0.25) is 5.91 Å². The summed E-state index contributed by atoms with van der Waals surface area (Å²) in [5, 5.41) is 11.3. The molecule has 0 heterocycles. The summed E-state index contributed by atoms with van der Waals surface area (Å²) in [7, 11) is 0. The highest BCUT2D eigenvalue weighted by atomic mass is 16.4. The molecule has 7 nitrogen and oxygen atoms in total. The van der Waals surface area contributed by atoms with Crippen molar-refractivity contribution in [2.24, 2.45) is 17.2 Å². The van der Waals surface area contributed by atoms with Gasteiger partial charge in [-0.15, -0.1) is 0 Å². The fourth-order valence-electron chi connectivity index (χ4n) is 1.42. The first-order valence-corrected chi connectivity index (χ1v) is 6.20. The third-order valence-electron chi connectivity index (χ3n) is 2.61. The van der Waals surface area contributed by atoms with Crippen LogP contribution in [0.5, 0.6) is 0 Å². The molecule has 106 valence electrons. The molecule has 0 aromatic heterocycles. The first kappa shape index (κ1) is 16.8. The molecule has 0 spiro atoms. The average molecular weight is 260 g/mol. The molecule has 0 aliphatic heterocycles. The first-order valence-electron chi connectivity index (χ1n) is 6.20. The zero-order valence-electron chi connectivity index (χ0n) is 10.6. The smallest absolute Gasteiger partial charge is 0.320 e. The van der Waals surface area contributed by atoms with Gasteiger partial charge in [0.15, 0.2) is 0 Å². The molecule has 0 fully saturated rings. The highest BCUT2D eigenvalue weighted by molar-refractivity contribution is 5.81. The molecular formula is C11H24N4O3. The van der Waals surface area contributed by atoms with E-state index in [1.807, 2.05) is 0 Å². The third-order valence-corrected chi connectivity index (χ3v) is 2.61. The van der Waals surface area contributed by atoms with Crippen LogP contribution >= 0.6 is 0 Å². The van der Waals surface area contributed by atoms with Crippen molar-refractivity contribution in [3.8, 4) is 0 Å². The largest absolute Gasteiger partial charge is 0.480 e. The van der Waals surface area contributed by atoms with Crippen LogP contribution in [0.25, 0.3) is 0 Å². The maximum atomic E-state index is 11.5. The number of hydrogen-bond donors (Lipinski definition) is 5. The highest BCUT2D eigenvalue weighted by Gasteiger charge is 2.12. The van der Waals surface area contributed by atoms with E-state index in [-0.39, 0.29) is 5.91 Å². The summed E-state index contributed by atoms with van der Waals surface area (Å²) in [5.74, 6) is -1.19. The Morgan fingerprint density at radius 2 is 1.67 bits per heavy atom. The van der Waals surface area contributed by atoms with E-state index in [2.05, 4.69) is 5.32 Å². The number of carboxylic acid groups (broad SMARTS) is 1. The van der Waals surface area contributed by atoms with Crippen LogP contribution in [-0.4, -0.2) is 42.2 Å². The standard InChI is InChI=1S/C11H24N4O3/c12-6-3-5-8(13)10(16)15-7-2-1-4-9(14)11(17)18/h8-9H,1-7,12-14H2,(H,15,16)(H,17,18)/t8-,9-/m0/s1. The quantitative estimate of drug-likeness (QED) is 0.310. The van der Waals surface area contributed by atoms with Gasteiger partial charge in [-0.25, -0.2) is 0 Å². The van der Waals surface area contributed by atoms with Crippen molar-refractivity contribution in [2.45, 2.75) is 44.2 Å². The van der Waals surface area contributed by atoms with E-state index in [0.717, 1.165) is 6.42 Å². The van der Waals surface area contributed by atoms with Gasteiger partial charge in [-0.3, -0.25) is 9.59 Å². The summed E-state index contributed by atoms with van der Waals surface area (Å²) < 4.78 is 0. The summed E-state index contributed by atoms with van der Waals surface area (Å²) in [6.07, 6.45) is 3.06. The second kappa shape index (κ2) is 9.81. The Labute approximate surface area is 107 Å². The lowest BCUT2D eigenvalue weighted by atomic mass is 10.1. The van der Waals surface area contributed by atoms with Crippen molar-refractivity contribution in [1.29, 1.82) is 0 Å². The lowest BCUT2D eigenvalue weighted by molar-refractivity contribution is -0.138. The van der Waals surface area contributed by atoms with Gasteiger partial charge in [-0.1, -0.05) is 0 Å². The second-order valence-corrected chi connectivity index (χ2v) is 4.27. The van der Waals surface area contributed by atoms with Gasteiger partial charge in [0.25, 0.3) is 0 Å². The van der Waals surface area contributed by atoms with E-state index in [4.69, 9.17) is 22.3 Å². The zero-order chi connectivity index (χ0) is 14.0. The SMILES string of the molecule is NCCC[C@H](N)C(=O)NCCCC[C@H](N)C(=O)O. The fourth-order valence-corrected chi connectivity index (χ4v) is 1.42. The molecular weight excluding hydrogens is 236 g/mol. The van der Waals surface area contributed by atoms with Crippen molar-refractivity contribution < 1.29 is 14.7 Å². The molecule has 1 amide bonds. The van der Waals surface area contributed by atoms with E-state index in [1.54, 1.807) is 0 Å². The number of rotatable bonds is 10. The van der Waals surface area contributed by atoms with E-state index in [9.17, 15) is 9.59 Å². The minimum absolute atomic E-state index is 0.189. The Bertz CT molecular complexity index is 261. The normalized spacial score (nSPS) is 13.9. The van der Waals surface area contributed by atoms with Gasteiger partial charge in [0.05, 0.1) is 6.04 Å². The number of amides is 1. The molecule has 0 aromatic rings. The zero-order valence-corrected chi connectivity index (χ0v) is 10.6. The minimum Gasteiger partial charge on any atom is -0.480 e. The molecule has 18 heavy (non-hydrogen) atoms. The van der Waals surface area contributed by atoms with Crippen LogP contribution in [0.3, 0.4) is 0 Å².